The number of rotatable bonds is 4. The van der Waals surface area contributed by atoms with Crippen LogP contribution in [0.2, 0.25) is 0 Å². The van der Waals surface area contributed by atoms with Crippen molar-refractivity contribution in [3.63, 3.8) is 0 Å². The minimum absolute atomic E-state index is 0.117. The first kappa shape index (κ1) is 13.0. The Kier molecular flexibility index (Phi) is 3.31. The minimum Gasteiger partial charge on any atom is -0.394 e. The second-order valence-electron chi connectivity index (χ2n) is 5.04. The number of aliphatic hydroxyl groups is 1. The highest BCUT2D eigenvalue weighted by Crippen LogP contribution is 2.46. The van der Waals surface area contributed by atoms with Crippen LogP contribution in [0.25, 0.3) is 0 Å². The number of hydrogen-bond donors (Lipinski definition) is 1. The second-order valence-corrected chi connectivity index (χ2v) is 5.04. The molecule has 0 amide bonds. The van der Waals surface area contributed by atoms with Gasteiger partial charge in [-0.15, -0.1) is 6.58 Å². The topological polar surface area (TPSA) is 57.2 Å². The quantitative estimate of drug-likeness (QED) is 0.742. The normalized spacial score (nSPS) is 43.6. The van der Waals surface area contributed by atoms with Gasteiger partial charge < -0.3 is 24.1 Å². The zero-order chi connectivity index (χ0) is 12.7. The third kappa shape index (κ3) is 2.13. The van der Waals surface area contributed by atoms with Crippen molar-refractivity contribution in [3.8, 4) is 0 Å². The molecule has 0 saturated carbocycles. The summed E-state index contributed by atoms with van der Waals surface area (Å²) in [5.74, 6) is -0.688. The van der Waals surface area contributed by atoms with E-state index in [0.717, 1.165) is 0 Å². The first-order valence-electron chi connectivity index (χ1n) is 5.80. The van der Waals surface area contributed by atoms with Gasteiger partial charge in [0.05, 0.1) is 13.2 Å². The third-order valence-electron chi connectivity index (χ3n) is 3.09. The molecule has 17 heavy (non-hydrogen) atoms. The van der Waals surface area contributed by atoms with Gasteiger partial charge in [-0.25, -0.2) is 0 Å². The van der Waals surface area contributed by atoms with E-state index < -0.39 is 23.8 Å². The van der Waals surface area contributed by atoms with E-state index in [4.69, 9.17) is 18.9 Å². The smallest absolute Gasteiger partial charge is 0.190 e. The van der Waals surface area contributed by atoms with Crippen molar-refractivity contribution in [2.45, 2.75) is 50.7 Å². The van der Waals surface area contributed by atoms with Crippen molar-refractivity contribution in [2.24, 2.45) is 0 Å². The Morgan fingerprint density at radius 1 is 1.41 bits per heavy atom. The van der Waals surface area contributed by atoms with Gasteiger partial charge in [0.2, 0.25) is 0 Å². The molecule has 2 aliphatic heterocycles. The number of fused-ring (bicyclic) bond motifs is 1. The summed E-state index contributed by atoms with van der Waals surface area (Å²) in [5.41, 5.74) is -0.695. The lowest BCUT2D eigenvalue weighted by Crippen LogP contribution is -2.45. The van der Waals surface area contributed by atoms with E-state index in [9.17, 15) is 5.11 Å². The molecule has 98 valence electrons. The summed E-state index contributed by atoms with van der Waals surface area (Å²) >= 11 is 0. The number of aliphatic hydroxyl groups excluding tert-OH is 1. The van der Waals surface area contributed by atoms with Crippen LogP contribution in [0, 0.1) is 0 Å². The molecule has 0 aromatic rings. The Bertz CT molecular complexity index is 303. The first-order valence-corrected chi connectivity index (χ1v) is 5.80. The summed E-state index contributed by atoms with van der Waals surface area (Å²) < 4.78 is 22.8. The van der Waals surface area contributed by atoms with Crippen molar-refractivity contribution in [1.29, 1.82) is 0 Å². The van der Waals surface area contributed by atoms with E-state index in [-0.39, 0.29) is 12.7 Å². The van der Waals surface area contributed by atoms with Gasteiger partial charge in [0.15, 0.2) is 12.1 Å². The molecule has 2 aliphatic rings. The van der Waals surface area contributed by atoms with Gasteiger partial charge in [-0.2, -0.15) is 0 Å². The fourth-order valence-corrected chi connectivity index (χ4v) is 2.53. The van der Waals surface area contributed by atoms with Crippen molar-refractivity contribution < 1.29 is 24.1 Å². The van der Waals surface area contributed by atoms with Gasteiger partial charge in [0.25, 0.3) is 0 Å². The van der Waals surface area contributed by atoms with E-state index in [2.05, 4.69) is 6.58 Å². The number of hydrogen-bond acceptors (Lipinski definition) is 5. The molecule has 1 N–H and O–H groups in total. The molecule has 2 heterocycles. The standard InChI is InChI=1S/C12H20O5/c1-5-6-14-10-12(4)9(8(7-13)15-10)16-11(2,3)17-12/h5,8-10,13H,1,6-7H2,2-4H3/t8-,9-,10+,12-/m1/s1. The Balaban J connectivity index is 2.18. The molecule has 5 heteroatoms. The third-order valence-corrected chi connectivity index (χ3v) is 3.09. The summed E-state index contributed by atoms with van der Waals surface area (Å²) in [4.78, 5) is 0. The van der Waals surface area contributed by atoms with Crippen LogP contribution in [0.3, 0.4) is 0 Å². The zero-order valence-corrected chi connectivity index (χ0v) is 10.5. The van der Waals surface area contributed by atoms with Crippen molar-refractivity contribution in [1.82, 2.24) is 0 Å². The Labute approximate surface area is 101 Å². The Hall–Kier alpha value is -0.460. The predicted octanol–water partition coefficient (Wildman–Crippen LogP) is 0.816. The Morgan fingerprint density at radius 2 is 2.12 bits per heavy atom. The fourth-order valence-electron chi connectivity index (χ4n) is 2.53. The molecule has 2 rings (SSSR count). The molecule has 0 aromatic heterocycles. The maximum absolute atomic E-state index is 9.30. The van der Waals surface area contributed by atoms with Crippen LogP contribution in [0.4, 0.5) is 0 Å². The van der Waals surface area contributed by atoms with Crippen molar-refractivity contribution in [3.05, 3.63) is 12.7 Å². The predicted molar refractivity (Wildman–Crippen MR) is 60.3 cm³/mol. The van der Waals surface area contributed by atoms with Crippen LogP contribution in [-0.4, -0.2) is 48.2 Å². The van der Waals surface area contributed by atoms with E-state index in [1.54, 1.807) is 6.08 Å². The lowest BCUT2D eigenvalue weighted by Gasteiger charge is -2.28. The van der Waals surface area contributed by atoms with Crippen LogP contribution in [0.5, 0.6) is 0 Å². The second kappa shape index (κ2) is 4.33. The van der Waals surface area contributed by atoms with Crippen LogP contribution in [-0.2, 0) is 18.9 Å². The molecule has 0 aromatic carbocycles. The first-order chi connectivity index (χ1) is 7.93. The van der Waals surface area contributed by atoms with Gasteiger partial charge >= 0.3 is 0 Å². The van der Waals surface area contributed by atoms with Gasteiger partial charge in [0, 0.05) is 0 Å². The average Bonchev–Trinajstić information content (AvgIpc) is 2.62. The van der Waals surface area contributed by atoms with Crippen LogP contribution in [0.15, 0.2) is 12.7 Å². The van der Waals surface area contributed by atoms with Crippen LogP contribution in [0.1, 0.15) is 20.8 Å². The molecule has 2 fully saturated rings. The molecule has 0 aliphatic carbocycles. The lowest BCUT2D eigenvalue weighted by atomic mass is 9.98. The van der Waals surface area contributed by atoms with Gasteiger partial charge in [0.1, 0.15) is 17.8 Å². The molecule has 0 bridgehead atoms. The summed E-state index contributed by atoms with van der Waals surface area (Å²) in [5, 5.41) is 9.30. The molecular formula is C12H20O5. The fraction of sp³-hybridized carbons (Fsp3) is 0.833. The maximum Gasteiger partial charge on any atom is 0.190 e. The molecule has 2 saturated heterocycles. The highest BCUT2D eigenvalue weighted by atomic mass is 16.8. The molecule has 5 nitrogen and oxygen atoms in total. The summed E-state index contributed by atoms with van der Waals surface area (Å²) in [6, 6.07) is 0. The van der Waals surface area contributed by atoms with E-state index in [0.29, 0.717) is 6.61 Å². The van der Waals surface area contributed by atoms with E-state index in [1.165, 1.54) is 0 Å². The maximum atomic E-state index is 9.30. The summed E-state index contributed by atoms with van der Waals surface area (Å²) in [6.45, 7) is 9.42. The minimum atomic E-state index is -0.695. The van der Waals surface area contributed by atoms with Gasteiger partial charge in [-0.1, -0.05) is 6.08 Å². The van der Waals surface area contributed by atoms with Crippen LogP contribution < -0.4 is 0 Å². The highest BCUT2D eigenvalue weighted by molar-refractivity contribution is 5.04. The monoisotopic (exact) mass is 244 g/mol. The SMILES string of the molecule is C=CCO[C@H]1O[C@H](CO)[C@H]2OC(C)(C)O[C@@]12C. The zero-order valence-electron chi connectivity index (χ0n) is 10.5. The Morgan fingerprint density at radius 3 is 2.71 bits per heavy atom. The molecule has 0 unspecified atom stereocenters. The largest absolute Gasteiger partial charge is 0.394 e. The van der Waals surface area contributed by atoms with Crippen LogP contribution >= 0.6 is 0 Å². The van der Waals surface area contributed by atoms with Crippen molar-refractivity contribution >= 4 is 0 Å². The summed E-state index contributed by atoms with van der Waals surface area (Å²) in [7, 11) is 0. The molecular weight excluding hydrogens is 224 g/mol. The van der Waals surface area contributed by atoms with Gasteiger partial charge in [-0.05, 0) is 20.8 Å². The van der Waals surface area contributed by atoms with Crippen molar-refractivity contribution in [2.75, 3.05) is 13.2 Å². The average molecular weight is 244 g/mol. The van der Waals surface area contributed by atoms with E-state index >= 15 is 0 Å². The molecule has 4 atom stereocenters. The van der Waals surface area contributed by atoms with E-state index in [1.807, 2.05) is 20.8 Å². The highest BCUT2D eigenvalue weighted by Gasteiger charge is 2.63. The number of ether oxygens (including phenoxy) is 4. The summed E-state index contributed by atoms with van der Waals surface area (Å²) in [6.07, 6.45) is 0.355. The lowest BCUT2D eigenvalue weighted by molar-refractivity contribution is -0.255. The van der Waals surface area contributed by atoms with Gasteiger partial charge in [-0.3, -0.25) is 0 Å². The molecule has 0 spiro atoms. The molecule has 0 radical (unpaired) electrons.